The standard InChI is InChI=1S/C14H27N3O3S/c1-3-17-7-4-11(5-8-17)10-15-14(20)16-12(13(18)19)6-9-21-2/h11-12H,3-10H2,1-2H3,(H,18,19)(H2,15,16,20)/t12-/m1/s1. The van der Waals surface area contributed by atoms with Crippen molar-refractivity contribution in [1.29, 1.82) is 0 Å². The molecule has 0 spiro atoms. The van der Waals surface area contributed by atoms with Crippen molar-refractivity contribution in [3.05, 3.63) is 0 Å². The van der Waals surface area contributed by atoms with Gasteiger partial charge in [0.25, 0.3) is 0 Å². The van der Waals surface area contributed by atoms with Crippen molar-refractivity contribution in [2.24, 2.45) is 5.92 Å². The smallest absolute Gasteiger partial charge is 0.326 e. The van der Waals surface area contributed by atoms with Crippen LogP contribution in [0.2, 0.25) is 0 Å². The molecule has 6 nitrogen and oxygen atoms in total. The van der Waals surface area contributed by atoms with Crippen LogP contribution in [0.25, 0.3) is 0 Å². The summed E-state index contributed by atoms with van der Waals surface area (Å²) < 4.78 is 0. The van der Waals surface area contributed by atoms with E-state index in [1.807, 2.05) is 6.26 Å². The van der Waals surface area contributed by atoms with Gasteiger partial charge in [0.2, 0.25) is 0 Å². The van der Waals surface area contributed by atoms with Crippen LogP contribution in [0.15, 0.2) is 0 Å². The van der Waals surface area contributed by atoms with Gasteiger partial charge in [-0.05, 0) is 56.8 Å². The van der Waals surface area contributed by atoms with Crippen molar-refractivity contribution in [2.75, 3.05) is 38.2 Å². The van der Waals surface area contributed by atoms with Crippen LogP contribution in [0.5, 0.6) is 0 Å². The lowest BCUT2D eigenvalue weighted by atomic mass is 9.97. The Hall–Kier alpha value is -0.950. The van der Waals surface area contributed by atoms with Gasteiger partial charge < -0.3 is 20.6 Å². The summed E-state index contributed by atoms with van der Waals surface area (Å²) in [5.74, 6) is 0.232. The first-order chi connectivity index (χ1) is 10.1. The molecule has 0 aliphatic carbocycles. The van der Waals surface area contributed by atoms with Gasteiger partial charge in [0.1, 0.15) is 6.04 Å². The number of likely N-dealkylation sites (tertiary alicyclic amines) is 1. The first-order valence-electron chi connectivity index (χ1n) is 7.55. The van der Waals surface area contributed by atoms with Gasteiger partial charge in [0.05, 0.1) is 0 Å². The maximum atomic E-state index is 11.8. The lowest BCUT2D eigenvalue weighted by Crippen LogP contribution is -2.48. The quantitative estimate of drug-likeness (QED) is 0.627. The molecule has 3 N–H and O–H groups in total. The van der Waals surface area contributed by atoms with E-state index in [-0.39, 0.29) is 6.03 Å². The molecule has 1 saturated heterocycles. The fourth-order valence-corrected chi connectivity index (χ4v) is 2.92. The van der Waals surface area contributed by atoms with Crippen LogP contribution in [0, 0.1) is 5.92 Å². The zero-order chi connectivity index (χ0) is 15.7. The minimum atomic E-state index is -0.976. The van der Waals surface area contributed by atoms with Crippen molar-refractivity contribution >= 4 is 23.8 Å². The molecular weight excluding hydrogens is 290 g/mol. The number of carboxylic acid groups (broad SMARTS) is 1. The normalized spacial score (nSPS) is 18.2. The number of urea groups is 1. The summed E-state index contributed by atoms with van der Waals surface area (Å²) in [5, 5.41) is 14.4. The number of hydrogen-bond donors (Lipinski definition) is 3. The molecule has 1 aliphatic rings. The van der Waals surface area contributed by atoms with E-state index in [2.05, 4.69) is 22.5 Å². The number of amides is 2. The molecule has 0 aromatic rings. The molecule has 122 valence electrons. The van der Waals surface area contributed by atoms with E-state index >= 15 is 0 Å². The summed E-state index contributed by atoms with van der Waals surface area (Å²) in [4.78, 5) is 25.2. The Bertz CT molecular complexity index is 333. The lowest BCUT2D eigenvalue weighted by Gasteiger charge is -2.31. The Morgan fingerprint density at radius 1 is 1.38 bits per heavy atom. The third-order valence-electron chi connectivity index (χ3n) is 3.92. The van der Waals surface area contributed by atoms with Crippen molar-refractivity contribution in [1.82, 2.24) is 15.5 Å². The molecule has 0 bridgehead atoms. The molecule has 1 rings (SSSR count). The molecule has 0 aromatic heterocycles. The fourth-order valence-electron chi connectivity index (χ4n) is 2.45. The average molecular weight is 317 g/mol. The minimum Gasteiger partial charge on any atom is -0.480 e. The van der Waals surface area contributed by atoms with Crippen molar-refractivity contribution in [3.8, 4) is 0 Å². The summed E-state index contributed by atoms with van der Waals surface area (Å²) in [6.07, 6.45) is 4.53. The minimum absolute atomic E-state index is 0.374. The zero-order valence-electron chi connectivity index (χ0n) is 12.9. The molecule has 1 fully saturated rings. The Labute approximate surface area is 131 Å². The van der Waals surface area contributed by atoms with E-state index in [0.29, 0.717) is 24.6 Å². The van der Waals surface area contributed by atoms with Crippen LogP contribution >= 0.6 is 11.8 Å². The monoisotopic (exact) mass is 317 g/mol. The van der Waals surface area contributed by atoms with Gasteiger partial charge in [-0.2, -0.15) is 11.8 Å². The van der Waals surface area contributed by atoms with Crippen LogP contribution in [0.1, 0.15) is 26.2 Å². The third kappa shape index (κ3) is 7.04. The van der Waals surface area contributed by atoms with Gasteiger partial charge in [-0.1, -0.05) is 6.92 Å². The number of carboxylic acids is 1. The second-order valence-corrected chi connectivity index (χ2v) is 6.39. The van der Waals surface area contributed by atoms with E-state index in [9.17, 15) is 9.59 Å². The lowest BCUT2D eigenvalue weighted by molar-refractivity contribution is -0.139. The topological polar surface area (TPSA) is 81.7 Å². The summed E-state index contributed by atoms with van der Waals surface area (Å²) in [6, 6.07) is -1.18. The number of rotatable bonds is 8. The molecule has 1 atom stereocenters. The Kier molecular flexibility index (Phi) is 8.52. The maximum Gasteiger partial charge on any atom is 0.326 e. The van der Waals surface area contributed by atoms with E-state index in [0.717, 1.165) is 32.5 Å². The molecule has 2 amide bonds. The number of carbonyl (C=O) groups excluding carboxylic acids is 1. The number of piperidine rings is 1. The molecule has 1 heterocycles. The first-order valence-corrected chi connectivity index (χ1v) is 8.94. The van der Waals surface area contributed by atoms with E-state index < -0.39 is 12.0 Å². The number of thioether (sulfide) groups is 1. The third-order valence-corrected chi connectivity index (χ3v) is 4.56. The van der Waals surface area contributed by atoms with E-state index in [1.165, 1.54) is 0 Å². The van der Waals surface area contributed by atoms with Crippen molar-refractivity contribution in [3.63, 3.8) is 0 Å². The fraction of sp³-hybridized carbons (Fsp3) is 0.857. The highest BCUT2D eigenvalue weighted by Crippen LogP contribution is 2.15. The Morgan fingerprint density at radius 3 is 2.57 bits per heavy atom. The van der Waals surface area contributed by atoms with Gasteiger partial charge in [-0.3, -0.25) is 0 Å². The van der Waals surface area contributed by atoms with Crippen molar-refractivity contribution < 1.29 is 14.7 Å². The number of hydrogen-bond acceptors (Lipinski definition) is 4. The number of carbonyl (C=O) groups is 2. The van der Waals surface area contributed by atoms with E-state index in [1.54, 1.807) is 11.8 Å². The SMILES string of the molecule is CCN1CCC(CNC(=O)N[C@H](CCSC)C(=O)O)CC1. The van der Waals surface area contributed by atoms with Crippen molar-refractivity contribution in [2.45, 2.75) is 32.2 Å². The van der Waals surface area contributed by atoms with Gasteiger partial charge in [-0.15, -0.1) is 0 Å². The predicted octanol–water partition coefficient (Wildman–Crippen LogP) is 1.22. The van der Waals surface area contributed by atoms with Crippen LogP contribution in [-0.4, -0.2) is 66.2 Å². The molecule has 0 radical (unpaired) electrons. The van der Waals surface area contributed by atoms with Gasteiger partial charge in [0, 0.05) is 6.54 Å². The zero-order valence-corrected chi connectivity index (χ0v) is 13.7. The highest BCUT2D eigenvalue weighted by atomic mass is 32.2. The Balaban J connectivity index is 2.25. The largest absolute Gasteiger partial charge is 0.480 e. The maximum absolute atomic E-state index is 11.8. The number of nitrogens with one attached hydrogen (secondary N) is 2. The van der Waals surface area contributed by atoms with Crippen LogP contribution in [0.4, 0.5) is 4.79 Å². The first kappa shape index (κ1) is 18.1. The summed E-state index contributed by atoms with van der Waals surface area (Å²) in [7, 11) is 0. The summed E-state index contributed by atoms with van der Waals surface area (Å²) >= 11 is 1.57. The number of aliphatic carboxylic acids is 1. The number of nitrogens with zero attached hydrogens (tertiary/aromatic N) is 1. The van der Waals surface area contributed by atoms with Crippen LogP contribution < -0.4 is 10.6 Å². The average Bonchev–Trinajstić information content (AvgIpc) is 2.49. The molecule has 0 aromatic carbocycles. The highest BCUT2D eigenvalue weighted by molar-refractivity contribution is 7.98. The molecule has 0 saturated carbocycles. The molecule has 0 unspecified atom stereocenters. The predicted molar refractivity (Wildman–Crippen MR) is 85.8 cm³/mol. The Morgan fingerprint density at radius 2 is 2.05 bits per heavy atom. The second kappa shape index (κ2) is 9.89. The van der Waals surface area contributed by atoms with Crippen LogP contribution in [-0.2, 0) is 4.79 Å². The highest BCUT2D eigenvalue weighted by Gasteiger charge is 2.21. The van der Waals surface area contributed by atoms with Gasteiger partial charge >= 0.3 is 12.0 Å². The molecule has 21 heavy (non-hydrogen) atoms. The molecular formula is C14H27N3O3S. The summed E-state index contributed by atoms with van der Waals surface area (Å²) in [6.45, 7) is 6.02. The van der Waals surface area contributed by atoms with E-state index in [4.69, 9.17) is 5.11 Å². The van der Waals surface area contributed by atoms with Crippen LogP contribution in [0.3, 0.4) is 0 Å². The second-order valence-electron chi connectivity index (χ2n) is 5.40. The summed E-state index contributed by atoms with van der Waals surface area (Å²) in [5.41, 5.74) is 0. The van der Waals surface area contributed by atoms with Gasteiger partial charge in [-0.25, -0.2) is 9.59 Å². The van der Waals surface area contributed by atoms with Gasteiger partial charge in [0.15, 0.2) is 0 Å². The molecule has 7 heteroatoms. The molecule has 1 aliphatic heterocycles.